The third-order valence-corrected chi connectivity index (χ3v) is 7.00. The number of fused-ring (bicyclic) bond motifs is 1. The van der Waals surface area contributed by atoms with E-state index in [0.29, 0.717) is 29.7 Å². The van der Waals surface area contributed by atoms with Gasteiger partial charge in [0.1, 0.15) is 11.6 Å². The van der Waals surface area contributed by atoms with Crippen LogP contribution in [0.1, 0.15) is 48.8 Å². The highest BCUT2D eigenvalue weighted by molar-refractivity contribution is 5.84. The van der Waals surface area contributed by atoms with Crippen molar-refractivity contribution in [1.82, 2.24) is 0 Å². The van der Waals surface area contributed by atoms with Crippen LogP contribution in [0.25, 0.3) is 10.8 Å². The topological polar surface area (TPSA) is 9.23 Å². The zero-order valence-corrected chi connectivity index (χ0v) is 18.9. The summed E-state index contributed by atoms with van der Waals surface area (Å²) in [6.07, 6.45) is 10.6. The van der Waals surface area contributed by atoms with Crippen molar-refractivity contribution >= 4 is 10.8 Å². The maximum absolute atomic E-state index is 15.1. The van der Waals surface area contributed by atoms with Gasteiger partial charge in [0.25, 0.3) is 0 Å². The fourth-order valence-electron chi connectivity index (χ4n) is 4.94. The fraction of sp³-hybridized carbons (Fsp3) is 0.379. The Hall–Kier alpha value is -2.75. The van der Waals surface area contributed by atoms with Crippen molar-refractivity contribution in [2.45, 2.75) is 58.0 Å². The number of ether oxygens (including phenoxy) is 1. The number of benzene rings is 3. The van der Waals surface area contributed by atoms with Crippen LogP contribution in [0.2, 0.25) is 0 Å². The van der Waals surface area contributed by atoms with Gasteiger partial charge in [-0.25, -0.2) is 4.39 Å². The molecule has 0 atom stereocenters. The van der Waals surface area contributed by atoms with Crippen molar-refractivity contribution < 1.29 is 17.9 Å². The molecule has 4 heteroatoms. The molecule has 0 aliphatic heterocycles. The summed E-state index contributed by atoms with van der Waals surface area (Å²) in [6, 6.07) is 16.5. The Balaban J connectivity index is 1.36. The highest BCUT2D eigenvalue weighted by Crippen LogP contribution is 2.32. The van der Waals surface area contributed by atoms with Crippen molar-refractivity contribution in [3.63, 3.8) is 0 Å². The summed E-state index contributed by atoms with van der Waals surface area (Å²) in [6.45, 7) is 1.09. The van der Waals surface area contributed by atoms with Crippen LogP contribution >= 0.6 is 0 Å². The first-order valence-electron chi connectivity index (χ1n) is 11.9. The molecule has 3 aromatic rings. The van der Waals surface area contributed by atoms with Gasteiger partial charge in [0.05, 0.1) is 0 Å². The first-order chi connectivity index (χ1) is 16.0. The third-order valence-electron chi connectivity index (χ3n) is 7.00. The van der Waals surface area contributed by atoms with E-state index in [0.717, 1.165) is 23.3 Å². The average Bonchev–Trinajstić information content (AvgIpc) is 2.83. The minimum Gasteiger partial charge on any atom is -0.435 e. The van der Waals surface area contributed by atoms with E-state index in [1.807, 2.05) is 18.2 Å². The zero-order chi connectivity index (χ0) is 23.2. The molecule has 4 rings (SSSR count). The van der Waals surface area contributed by atoms with Crippen molar-refractivity contribution in [2.24, 2.45) is 11.8 Å². The molecule has 0 spiro atoms. The number of hydrogen-bond acceptors (Lipinski definition) is 1. The Morgan fingerprint density at radius 2 is 1.61 bits per heavy atom. The first-order valence-corrected chi connectivity index (χ1v) is 11.9. The maximum Gasteiger partial charge on any atom is 0.387 e. The predicted molar refractivity (Wildman–Crippen MR) is 128 cm³/mol. The SMILES string of the molecule is C=CC1CCC(CCc2ccc3c(F)c(CCc4ccc(OC(F)F)cc4)ccc3c2)CC1. The molecule has 0 radical (unpaired) electrons. The van der Waals surface area contributed by atoms with Gasteiger partial charge >= 0.3 is 6.61 Å². The van der Waals surface area contributed by atoms with E-state index < -0.39 is 6.61 Å². The Morgan fingerprint density at radius 1 is 0.879 bits per heavy atom. The van der Waals surface area contributed by atoms with Crippen LogP contribution in [0.5, 0.6) is 5.75 Å². The zero-order valence-electron chi connectivity index (χ0n) is 18.9. The summed E-state index contributed by atoms with van der Waals surface area (Å²) in [5, 5.41) is 1.60. The van der Waals surface area contributed by atoms with Crippen LogP contribution in [0.3, 0.4) is 0 Å². The molecule has 33 heavy (non-hydrogen) atoms. The van der Waals surface area contributed by atoms with E-state index in [1.165, 1.54) is 49.8 Å². The highest BCUT2D eigenvalue weighted by Gasteiger charge is 2.19. The lowest BCUT2D eigenvalue weighted by atomic mass is 9.79. The second-order valence-corrected chi connectivity index (χ2v) is 9.17. The van der Waals surface area contributed by atoms with E-state index >= 15 is 4.39 Å². The molecular formula is C29H31F3O. The van der Waals surface area contributed by atoms with Crippen LogP contribution in [0, 0.1) is 17.7 Å². The largest absolute Gasteiger partial charge is 0.435 e. The van der Waals surface area contributed by atoms with Crippen LogP contribution in [0.15, 0.2) is 67.3 Å². The van der Waals surface area contributed by atoms with Crippen molar-refractivity contribution in [3.05, 3.63) is 89.8 Å². The average molecular weight is 453 g/mol. The quantitative estimate of drug-likeness (QED) is 0.297. The number of hydrogen-bond donors (Lipinski definition) is 0. The second-order valence-electron chi connectivity index (χ2n) is 9.17. The molecule has 174 valence electrons. The fourth-order valence-corrected chi connectivity index (χ4v) is 4.94. The number of rotatable bonds is 9. The summed E-state index contributed by atoms with van der Waals surface area (Å²) >= 11 is 0. The molecular weight excluding hydrogens is 421 g/mol. The van der Waals surface area contributed by atoms with Crippen LogP contribution in [-0.4, -0.2) is 6.61 Å². The molecule has 0 N–H and O–H groups in total. The molecule has 0 aromatic heterocycles. The maximum atomic E-state index is 15.1. The minimum absolute atomic E-state index is 0.130. The summed E-state index contributed by atoms with van der Waals surface area (Å²) in [7, 11) is 0. The Labute approximate surface area is 194 Å². The van der Waals surface area contributed by atoms with Gasteiger partial charge in [-0.05, 0) is 97.4 Å². The smallest absolute Gasteiger partial charge is 0.387 e. The van der Waals surface area contributed by atoms with Crippen LogP contribution < -0.4 is 4.74 Å². The van der Waals surface area contributed by atoms with E-state index in [2.05, 4.69) is 29.5 Å². The number of aryl methyl sites for hydroxylation is 3. The lowest BCUT2D eigenvalue weighted by molar-refractivity contribution is -0.0498. The molecule has 1 saturated carbocycles. The summed E-state index contributed by atoms with van der Waals surface area (Å²) < 4.78 is 44.1. The lowest BCUT2D eigenvalue weighted by Crippen LogP contribution is -2.13. The van der Waals surface area contributed by atoms with Gasteiger partial charge in [-0.1, -0.05) is 48.5 Å². The van der Waals surface area contributed by atoms with Gasteiger partial charge in [-0.3, -0.25) is 0 Å². The van der Waals surface area contributed by atoms with Gasteiger partial charge < -0.3 is 4.74 Å². The molecule has 0 heterocycles. The second kappa shape index (κ2) is 10.9. The number of halogens is 3. The first kappa shape index (κ1) is 23.4. The molecule has 0 unspecified atom stereocenters. The molecule has 3 aromatic carbocycles. The molecule has 1 nitrogen and oxygen atoms in total. The normalized spacial score (nSPS) is 18.5. The molecule has 1 aliphatic carbocycles. The molecule has 0 saturated heterocycles. The van der Waals surface area contributed by atoms with E-state index in [-0.39, 0.29) is 11.6 Å². The van der Waals surface area contributed by atoms with Gasteiger partial charge in [0.15, 0.2) is 0 Å². The standard InChI is InChI=1S/C29H31F3O/c1-2-20-3-5-21(6-4-20)7-8-23-12-18-27-25(19-23)15-14-24(28(27)30)13-9-22-10-16-26(17-11-22)33-29(31)32/h2,10-12,14-21,29H,1,3-9,13H2. The number of allylic oxidation sites excluding steroid dienone is 1. The Kier molecular flexibility index (Phi) is 7.74. The van der Waals surface area contributed by atoms with E-state index in [9.17, 15) is 8.78 Å². The molecule has 1 fully saturated rings. The van der Waals surface area contributed by atoms with Crippen molar-refractivity contribution in [2.75, 3.05) is 0 Å². The van der Waals surface area contributed by atoms with Crippen LogP contribution in [0.4, 0.5) is 13.2 Å². The van der Waals surface area contributed by atoms with Crippen LogP contribution in [-0.2, 0) is 19.3 Å². The summed E-state index contributed by atoms with van der Waals surface area (Å²) in [5.41, 5.74) is 2.89. The Morgan fingerprint density at radius 3 is 2.30 bits per heavy atom. The molecule has 0 amide bonds. The predicted octanol–water partition coefficient (Wildman–Crippen LogP) is 8.29. The molecule has 1 aliphatic rings. The Bertz CT molecular complexity index is 1070. The van der Waals surface area contributed by atoms with Crippen molar-refractivity contribution in [3.8, 4) is 5.75 Å². The number of alkyl halides is 2. The lowest BCUT2D eigenvalue weighted by Gasteiger charge is -2.26. The van der Waals surface area contributed by atoms with Gasteiger partial charge in [-0.15, -0.1) is 6.58 Å². The van der Waals surface area contributed by atoms with Crippen molar-refractivity contribution in [1.29, 1.82) is 0 Å². The monoisotopic (exact) mass is 452 g/mol. The van der Waals surface area contributed by atoms with Gasteiger partial charge in [0, 0.05) is 5.39 Å². The summed E-state index contributed by atoms with van der Waals surface area (Å²) in [4.78, 5) is 0. The molecule has 0 bridgehead atoms. The van der Waals surface area contributed by atoms with Gasteiger partial charge in [0.2, 0.25) is 0 Å². The van der Waals surface area contributed by atoms with E-state index in [1.54, 1.807) is 12.1 Å². The third kappa shape index (κ3) is 6.19. The highest BCUT2D eigenvalue weighted by atomic mass is 19.3. The van der Waals surface area contributed by atoms with E-state index in [4.69, 9.17) is 0 Å². The summed E-state index contributed by atoms with van der Waals surface area (Å²) in [5.74, 6) is 1.44. The van der Waals surface area contributed by atoms with Gasteiger partial charge in [-0.2, -0.15) is 8.78 Å². The minimum atomic E-state index is -2.83.